The third-order valence-corrected chi connectivity index (χ3v) is 3.79. The molecule has 0 aromatic rings. The van der Waals surface area contributed by atoms with E-state index in [-0.39, 0.29) is 11.8 Å². The predicted octanol–water partition coefficient (Wildman–Crippen LogP) is 0.404. The lowest BCUT2D eigenvalue weighted by Gasteiger charge is -2.32. The number of nitrogens with zero attached hydrogens (tertiary/aromatic N) is 2. The first-order valence-electron chi connectivity index (χ1n) is 6.31. The van der Waals surface area contributed by atoms with Crippen LogP contribution in [0.1, 0.15) is 25.7 Å². The van der Waals surface area contributed by atoms with Gasteiger partial charge in [0.2, 0.25) is 5.91 Å². The van der Waals surface area contributed by atoms with Crippen LogP contribution < -0.4 is 0 Å². The van der Waals surface area contributed by atoms with E-state index in [2.05, 4.69) is 4.90 Å². The first kappa shape index (κ1) is 12.4. The zero-order valence-corrected chi connectivity index (χ0v) is 10.3. The minimum atomic E-state index is -0.861. The molecular weight excluding hydrogens is 220 g/mol. The lowest BCUT2D eigenvalue weighted by Crippen LogP contribution is -2.47. The van der Waals surface area contributed by atoms with Crippen molar-refractivity contribution in [3.05, 3.63) is 0 Å². The standard InChI is InChI=1S/C12H20N2O3/c1-13-6-2-4-9(8-13)11(15)14-7-3-5-10(14)12(16)17/h9-10H,2-8H2,1H3,(H,16,17)/t9?,10-/m0/s1. The highest BCUT2D eigenvalue weighted by Gasteiger charge is 2.37. The van der Waals surface area contributed by atoms with Crippen molar-refractivity contribution in [2.24, 2.45) is 5.92 Å². The second-order valence-electron chi connectivity index (χ2n) is 5.13. The van der Waals surface area contributed by atoms with E-state index < -0.39 is 12.0 Å². The molecule has 2 aliphatic heterocycles. The highest BCUT2D eigenvalue weighted by molar-refractivity contribution is 5.85. The molecule has 0 bridgehead atoms. The van der Waals surface area contributed by atoms with Gasteiger partial charge in [-0.05, 0) is 39.3 Å². The number of carbonyl (C=O) groups is 2. The van der Waals surface area contributed by atoms with Crippen molar-refractivity contribution in [2.45, 2.75) is 31.7 Å². The molecule has 2 atom stereocenters. The van der Waals surface area contributed by atoms with Crippen molar-refractivity contribution in [1.29, 1.82) is 0 Å². The fourth-order valence-electron chi connectivity index (χ4n) is 2.89. The largest absolute Gasteiger partial charge is 0.480 e. The van der Waals surface area contributed by atoms with Crippen molar-refractivity contribution in [3.63, 3.8) is 0 Å². The number of aliphatic carboxylic acids is 1. The van der Waals surface area contributed by atoms with E-state index in [9.17, 15) is 9.59 Å². The molecular formula is C12H20N2O3. The van der Waals surface area contributed by atoms with Crippen LogP contribution in [0.25, 0.3) is 0 Å². The summed E-state index contributed by atoms with van der Waals surface area (Å²) >= 11 is 0. The monoisotopic (exact) mass is 240 g/mol. The van der Waals surface area contributed by atoms with Gasteiger partial charge in [-0.15, -0.1) is 0 Å². The number of carboxylic acid groups (broad SMARTS) is 1. The van der Waals surface area contributed by atoms with Crippen LogP contribution in [0.15, 0.2) is 0 Å². The zero-order chi connectivity index (χ0) is 12.4. The first-order valence-corrected chi connectivity index (χ1v) is 6.31. The SMILES string of the molecule is CN1CCCC(C(=O)N2CCC[C@H]2C(=O)O)C1. The Morgan fingerprint density at radius 1 is 1.18 bits per heavy atom. The van der Waals surface area contributed by atoms with E-state index in [0.29, 0.717) is 13.0 Å². The van der Waals surface area contributed by atoms with Gasteiger partial charge in [0, 0.05) is 13.1 Å². The molecule has 2 saturated heterocycles. The number of piperidine rings is 1. The van der Waals surface area contributed by atoms with Crippen LogP contribution in [0.2, 0.25) is 0 Å². The molecule has 5 heteroatoms. The van der Waals surface area contributed by atoms with E-state index >= 15 is 0 Å². The number of hydrogen-bond acceptors (Lipinski definition) is 3. The van der Waals surface area contributed by atoms with Gasteiger partial charge < -0.3 is 14.9 Å². The topological polar surface area (TPSA) is 60.9 Å². The van der Waals surface area contributed by atoms with Crippen LogP contribution in [0.3, 0.4) is 0 Å². The summed E-state index contributed by atoms with van der Waals surface area (Å²) in [6.07, 6.45) is 3.33. The summed E-state index contributed by atoms with van der Waals surface area (Å²) in [5.41, 5.74) is 0. The molecule has 0 aromatic carbocycles. The quantitative estimate of drug-likeness (QED) is 0.759. The Morgan fingerprint density at radius 2 is 1.88 bits per heavy atom. The minimum absolute atomic E-state index is 0.00583. The summed E-state index contributed by atoms with van der Waals surface area (Å²) in [5, 5.41) is 9.08. The van der Waals surface area contributed by atoms with Crippen LogP contribution in [0, 0.1) is 5.92 Å². The molecule has 0 radical (unpaired) electrons. The summed E-state index contributed by atoms with van der Waals surface area (Å²) in [7, 11) is 2.01. The van der Waals surface area contributed by atoms with Crippen LogP contribution >= 0.6 is 0 Å². The molecule has 1 N–H and O–H groups in total. The van der Waals surface area contributed by atoms with Crippen molar-refractivity contribution >= 4 is 11.9 Å². The molecule has 0 aromatic heterocycles. The maximum absolute atomic E-state index is 12.3. The highest BCUT2D eigenvalue weighted by atomic mass is 16.4. The molecule has 0 saturated carbocycles. The second kappa shape index (κ2) is 5.04. The Morgan fingerprint density at radius 3 is 2.53 bits per heavy atom. The van der Waals surface area contributed by atoms with Crippen molar-refractivity contribution < 1.29 is 14.7 Å². The van der Waals surface area contributed by atoms with Crippen molar-refractivity contribution in [2.75, 3.05) is 26.7 Å². The smallest absolute Gasteiger partial charge is 0.326 e. The minimum Gasteiger partial charge on any atom is -0.480 e. The number of hydrogen-bond donors (Lipinski definition) is 1. The number of likely N-dealkylation sites (tertiary alicyclic amines) is 2. The number of amides is 1. The fourth-order valence-corrected chi connectivity index (χ4v) is 2.89. The molecule has 2 rings (SSSR count). The van der Waals surface area contributed by atoms with E-state index in [1.807, 2.05) is 7.05 Å². The number of rotatable bonds is 2. The Labute approximate surface area is 101 Å². The van der Waals surface area contributed by atoms with Gasteiger partial charge in [-0.2, -0.15) is 0 Å². The van der Waals surface area contributed by atoms with Gasteiger partial charge in [-0.25, -0.2) is 4.79 Å². The molecule has 1 amide bonds. The summed E-state index contributed by atoms with van der Waals surface area (Å²) in [4.78, 5) is 27.1. The van der Waals surface area contributed by atoms with Gasteiger partial charge >= 0.3 is 5.97 Å². The summed E-state index contributed by atoms with van der Waals surface area (Å²) in [6, 6.07) is -0.588. The summed E-state index contributed by atoms with van der Waals surface area (Å²) in [5.74, 6) is -0.824. The van der Waals surface area contributed by atoms with Gasteiger partial charge in [0.05, 0.1) is 5.92 Å². The average molecular weight is 240 g/mol. The number of carboxylic acids is 1. The number of carbonyl (C=O) groups excluding carboxylic acids is 1. The van der Waals surface area contributed by atoms with Gasteiger partial charge in [0.25, 0.3) is 0 Å². The summed E-state index contributed by atoms with van der Waals surface area (Å²) < 4.78 is 0. The normalized spacial score (nSPS) is 30.5. The third-order valence-electron chi connectivity index (χ3n) is 3.79. The van der Waals surface area contributed by atoms with Crippen molar-refractivity contribution in [1.82, 2.24) is 9.80 Å². The molecule has 96 valence electrons. The molecule has 17 heavy (non-hydrogen) atoms. The van der Waals surface area contributed by atoms with E-state index in [4.69, 9.17) is 5.11 Å². The predicted molar refractivity (Wildman–Crippen MR) is 62.6 cm³/mol. The van der Waals surface area contributed by atoms with Crippen molar-refractivity contribution in [3.8, 4) is 0 Å². The fraction of sp³-hybridized carbons (Fsp3) is 0.833. The zero-order valence-electron chi connectivity index (χ0n) is 10.3. The van der Waals surface area contributed by atoms with Gasteiger partial charge in [0.15, 0.2) is 0 Å². The first-order chi connectivity index (χ1) is 8.09. The lowest BCUT2D eigenvalue weighted by atomic mass is 9.96. The Hall–Kier alpha value is -1.10. The van der Waals surface area contributed by atoms with Gasteiger partial charge in [-0.3, -0.25) is 4.79 Å². The van der Waals surface area contributed by atoms with Crippen LogP contribution in [-0.4, -0.2) is 59.5 Å². The Balaban J connectivity index is 2.01. The lowest BCUT2D eigenvalue weighted by molar-refractivity contribution is -0.150. The molecule has 2 aliphatic rings. The molecule has 2 heterocycles. The second-order valence-corrected chi connectivity index (χ2v) is 5.13. The van der Waals surface area contributed by atoms with Crippen LogP contribution in [-0.2, 0) is 9.59 Å². The Kier molecular flexibility index (Phi) is 3.66. The molecule has 2 fully saturated rings. The Bertz CT molecular complexity index is 319. The third kappa shape index (κ3) is 2.60. The molecule has 0 spiro atoms. The van der Waals surface area contributed by atoms with Gasteiger partial charge in [-0.1, -0.05) is 0 Å². The van der Waals surface area contributed by atoms with Crippen LogP contribution in [0.5, 0.6) is 0 Å². The molecule has 1 unspecified atom stereocenters. The van der Waals surface area contributed by atoms with Crippen LogP contribution in [0.4, 0.5) is 0 Å². The average Bonchev–Trinajstić information content (AvgIpc) is 2.77. The molecule has 5 nitrogen and oxygen atoms in total. The van der Waals surface area contributed by atoms with E-state index in [0.717, 1.165) is 32.4 Å². The molecule has 0 aliphatic carbocycles. The maximum atomic E-state index is 12.3. The van der Waals surface area contributed by atoms with E-state index in [1.54, 1.807) is 4.90 Å². The maximum Gasteiger partial charge on any atom is 0.326 e. The summed E-state index contributed by atoms with van der Waals surface area (Å²) in [6.45, 7) is 2.41. The van der Waals surface area contributed by atoms with Gasteiger partial charge in [0.1, 0.15) is 6.04 Å². The highest BCUT2D eigenvalue weighted by Crippen LogP contribution is 2.24. The van der Waals surface area contributed by atoms with E-state index in [1.165, 1.54) is 0 Å².